The molecule has 0 aliphatic carbocycles. The number of rotatable bonds is 7. The second kappa shape index (κ2) is 10.8. The Labute approximate surface area is 204 Å². The highest BCUT2D eigenvalue weighted by molar-refractivity contribution is 6.23. The predicted molar refractivity (Wildman–Crippen MR) is 128 cm³/mol. The van der Waals surface area contributed by atoms with Gasteiger partial charge in [-0.1, -0.05) is 17.7 Å². The molecule has 0 N–H and O–H groups in total. The Kier molecular flexibility index (Phi) is 7.57. The van der Waals surface area contributed by atoms with Crippen LogP contribution < -0.4 is 9.64 Å². The summed E-state index contributed by atoms with van der Waals surface area (Å²) in [4.78, 5) is 55.9. The predicted octanol–water partition coefficient (Wildman–Crippen LogP) is 2.03. The van der Waals surface area contributed by atoms with Crippen molar-refractivity contribution in [3.05, 3.63) is 59.7 Å². The van der Waals surface area contributed by atoms with Crippen LogP contribution in [0, 0.1) is 6.92 Å². The summed E-state index contributed by atoms with van der Waals surface area (Å²) in [7, 11) is 0. The molecule has 0 spiro atoms. The van der Waals surface area contributed by atoms with Crippen molar-refractivity contribution in [2.24, 2.45) is 0 Å². The standard InChI is InChI=1S/C26H29N3O6/c1-18-3-5-20(6-4-18)25(32)28(12-11-27-13-15-34-16-14-27)23-17-24(31)29(26(23)33)21-7-9-22(10-8-21)35-19(2)30/h3-10,23H,11-17H2,1-2H3. The monoisotopic (exact) mass is 479 g/mol. The van der Waals surface area contributed by atoms with E-state index >= 15 is 0 Å². The zero-order valence-electron chi connectivity index (χ0n) is 19.9. The van der Waals surface area contributed by atoms with Crippen LogP contribution in [0.5, 0.6) is 5.75 Å². The van der Waals surface area contributed by atoms with Crippen molar-refractivity contribution < 1.29 is 28.7 Å². The van der Waals surface area contributed by atoms with Crippen molar-refractivity contribution in [1.82, 2.24) is 9.80 Å². The van der Waals surface area contributed by atoms with Crippen molar-refractivity contribution in [2.75, 3.05) is 44.3 Å². The number of nitrogens with zero attached hydrogens (tertiary/aromatic N) is 3. The van der Waals surface area contributed by atoms with Crippen LogP contribution in [-0.4, -0.2) is 78.9 Å². The van der Waals surface area contributed by atoms with Crippen LogP contribution in [0.15, 0.2) is 48.5 Å². The van der Waals surface area contributed by atoms with Gasteiger partial charge in [-0.05, 0) is 43.3 Å². The van der Waals surface area contributed by atoms with Gasteiger partial charge >= 0.3 is 5.97 Å². The minimum atomic E-state index is -0.898. The summed E-state index contributed by atoms with van der Waals surface area (Å²) < 4.78 is 10.4. The number of hydrogen-bond donors (Lipinski definition) is 0. The SMILES string of the molecule is CC(=O)Oc1ccc(N2C(=O)CC(N(CCN3CCOCC3)C(=O)c3ccc(C)cc3)C2=O)cc1. The quantitative estimate of drug-likeness (QED) is 0.341. The number of imide groups is 1. The molecule has 184 valence electrons. The van der Waals surface area contributed by atoms with Crippen LogP contribution in [0.2, 0.25) is 0 Å². The molecule has 2 aromatic rings. The molecule has 0 radical (unpaired) electrons. The van der Waals surface area contributed by atoms with Gasteiger partial charge in [-0.25, -0.2) is 4.90 Å². The summed E-state index contributed by atoms with van der Waals surface area (Å²) in [6.07, 6.45) is -0.0920. The van der Waals surface area contributed by atoms with E-state index in [1.165, 1.54) is 24.0 Å². The Morgan fingerprint density at radius 2 is 1.69 bits per heavy atom. The van der Waals surface area contributed by atoms with E-state index in [1.807, 2.05) is 19.1 Å². The van der Waals surface area contributed by atoms with Crippen molar-refractivity contribution in [3.8, 4) is 5.75 Å². The molecule has 3 amide bonds. The molecule has 1 unspecified atom stereocenters. The molecule has 9 nitrogen and oxygen atoms in total. The zero-order chi connectivity index (χ0) is 24.9. The molecule has 2 aliphatic heterocycles. The van der Waals surface area contributed by atoms with E-state index in [0.717, 1.165) is 23.6 Å². The van der Waals surface area contributed by atoms with Crippen LogP contribution in [0.1, 0.15) is 29.3 Å². The summed E-state index contributed by atoms with van der Waals surface area (Å²) in [6.45, 7) is 6.89. The number of carbonyl (C=O) groups excluding carboxylic acids is 4. The molecule has 0 aromatic heterocycles. The Morgan fingerprint density at radius 1 is 1.03 bits per heavy atom. The lowest BCUT2D eigenvalue weighted by Gasteiger charge is -2.32. The van der Waals surface area contributed by atoms with E-state index in [0.29, 0.717) is 43.3 Å². The maximum atomic E-state index is 13.5. The zero-order valence-corrected chi connectivity index (χ0v) is 19.9. The minimum Gasteiger partial charge on any atom is -0.427 e. The topological polar surface area (TPSA) is 96.5 Å². The highest BCUT2D eigenvalue weighted by atomic mass is 16.5. The van der Waals surface area contributed by atoms with Gasteiger partial charge in [0.2, 0.25) is 5.91 Å². The molecule has 0 saturated carbocycles. The van der Waals surface area contributed by atoms with Gasteiger partial charge in [0.1, 0.15) is 11.8 Å². The van der Waals surface area contributed by atoms with Gasteiger partial charge in [-0.3, -0.25) is 24.1 Å². The minimum absolute atomic E-state index is 0.0920. The molecule has 1 atom stereocenters. The van der Waals surface area contributed by atoms with E-state index in [1.54, 1.807) is 24.3 Å². The van der Waals surface area contributed by atoms with Crippen LogP contribution >= 0.6 is 0 Å². The normalized spacial score (nSPS) is 18.6. The number of aryl methyl sites for hydroxylation is 1. The number of ether oxygens (including phenoxy) is 2. The number of esters is 1. The molecule has 4 rings (SSSR count). The van der Waals surface area contributed by atoms with E-state index in [9.17, 15) is 19.2 Å². The molecule has 2 saturated heterocycles. The molecule has 2 heterocycles. The smallest absolute Gasteiger partial charge is 0.308 e. The molecule has 0 bridgehead atoms. The second-order valence-electron chi connectivity index (χ2n) is 8.69. The third-order valence-corrected chi connectivity index (χ3v) is 6.18. The Balaban J connectivity index is 1.56. The third-order valence-electron chi connectivity index (χ3n) is 6.18. The lowest BCUT2D eigenvalue weighted by molar-refractivity contribution is -0.132. The van der Waals surface area contributed by atoms with E-state index in [-0.39, 0.29) is 18.2 Å². The number of hydrogen-bond acceptors (Lipinski definition) is 7. The summed E-state index contributed by atoms with van der Waals surface area (Å²) in [6, 6.07) is 12.4. The molecule has 2 aromatic carbocycles. The van der Waals surface area contributed by atoms with Crippen LogP contribution in [0.4, 0.5) is 5.69 Å². The summed E-state index contributed by atoms with van der Waals surface area (Å²) in [5.74, 6) is -1.25. The number of carbonyl (C=O) groups is 4. The van der Waals surface area contributed by atoms with Gasteiger partial charge < -0.3 is 14.4 Å². The van der Waals surface area contributed by atoms with Gasteiger partial charge in [-0.15, -0.1) is 0 Å². The van der Waals surface area contributed by atoms with Crippen molar-refractivity contribution in [2.45, 2.75) is 26.3 Å². The van der Waals surface area contributed by atoms with Gasteiger partial charge in [0.05, 0.1) is 25.3 Å². The van der Waals surface area contributed by atoms with Crippen LogP contribution in [-0.2, 0) is 19.1 Å². The fourth-order valence-corrected chi connectivity index (χ4v) is 4.29. The molecule has 2 fully saturated rings. The van der Waals surface area contributed by atoms with Gasteiger partial charge in [0.25, 0.3) is 11.8 Å². The summed E-state index contributed by atoms with van der Waals surface area (Å²) in [5, 5.41) is 0. The number of benzene rings is 2. The highest BCUT2D eigenvalue weighted by Crippen LogP contribution is 2.28. The van der Waals surface area contributed by atoms with E-state index < -0.39 is 17.9 Å². The summed E-state index contributed by atoms with van der Waals surface area (Å²) >= 11 is 0. The van der Waals surface area contributed by atoms with Crippen LogP contribution in [0.3, 0.4) is 0 Å². The number of amides is 3. The van der Waals surface area contributed by atoms with Crippen molar-refractivity contribution in [3.63, 3.8) is 0 Å². The van der Waals surface area contributed by atoms with E-state index in [2.05, 4.69) is 4.90 Å². The van der Waals surface area contributed by atoms with Gasteiger partial charge in [0, 0.05) is 38.7 Å². The first kappa shape index (κ1) is 24.6. The van der Waals surface area contributed by atoms with Crippen molar-refractivity contribution >= 4 is 29.4 Å². The maximum Gasteiger partial charge on any atom is 0.308 e. The fourth-order valence-electron chi connectivity index (χ4n) is 4.29. The lowest BCUT2D eigenvalue weighted by Crippen LogP contribution is -2.49. The fraction of sp³-hybridized carbons (Fsp3) is 0.385. The third kappa shape index (κ3) is 5.75. The Hall–Kier alpha value is -3.56. The van der Waals surface area contributed by atoms with Gasteiger partial charge in [0.15, 0.2) is 0 Å². The average Bonchev–Trinajstić information content (AvgIpc) is 3.14. The molecule has 9 heteroatoms. The maximum absolute atomic E-state index is 13.5. The largest absolute Gasteiger partial charge is 0.427 e. The first-order valence-corrected chi connectivity index (χ1v) is 11.7. The first-order chi connectivity index (χ1) is 16.8. The molecular weight excluding hydrogens is 450 g/mol. The Morgan fingerprint density at radius 3 is 2.31 bits per heavy atom. The summed E-state index contributed by atoms with van der Waals surface area (Å²) in [5.41, 5.74) is 1.87. The highest BCUT2D eigenvalue weighted by Gasteiger charge is 2.44. The van der Waals surface area contributed by atoms with Crippen LogP contribution in [0.25, 0.3) is 0 Å². The molecular formula is C26H29N3O6. The number of anilines is 1. The molecule has 35 heavy (non-hydrogen) atoms. The lowest BCUT2D eigenvalue weighted by atomic mass is 10.1. The number of morpholine rings is 1. The Bertz CT molecular complexity index is 1090. The second-order valence-corrected chi connectivity index (χ2v) is 8.69. The molecule has 2 aliphatic rings. The van der Waals surface area contributed by atoms with Crippen molar-refractivity contribution in [1.29, 1.82) is 0 Å². The first-order valence-electron chi connectivity index (χ1n) is 11.7. The average molecular weight is 480 g/mol. The van der Waals surface area contributed by atoms with Gasteiger partial charge in [-0.2, -0.15) is 0 Å². The van der Waals surface area contributed by atoms with E-state index in [4.69, 9.17) is 9.47 Å².